The van der Waals surface area contributed by atoms with Crippen molar-refractivity contribution in [2.45, 2.75) is 33.1 Å². The van der Waals surface area contributed by atoms with Gasteiger partial charge in [0.25, 0.3) is 11.8 Å². The lowest BCUT2D eigenvalue weighted by Gasteiger charge is -2.23. The molecular weight excluding hydrogens is 411 g/mol. The molecule has 2 rings (SSSR count). The van der Waals surface area contributed by atoms with E-state index in [9.17, 15) is 9.59 Å². The molecule has 2 amide bonds. The molecule has 0 atom stereocenters. The van der Waals surface area contributed by atoms with Gasteiger partial charge < -0.3 is 15.4 Å². The minimum Gasteiger partial charge on any atom is -0.483 e. The number of hydrogen-bond acceptors (Lipinski definition) is 3. The maximum Gasteiger partial charge on any atom is 0.258 e. The highest BCUT2D eigenvalue weighted by Crippen LogP contribution is 2.32. The number of carbonyl (C=O) groups is 2. The fourth-order valence-electron chi connectivity index (χ4n) is 2.69. The van der Waals surface area contributed by atoms with E-state index in [0.29, 0.717) is 21.4 Å². The summed E-state index contributed by atoms with van der Waals surface area (Å²) in [6.07, 6.45) is 0. The molecule has 0 saturated heterocycles. The van der Waals surface area contributed by atoms with E-state index in [0.717, 1.165) is 11.1 Å². The SMILES string of the molecule is Cc1ccc(OCC(=O)NCCNC(=O)c2cc(Cl)ccc2Cl)c(C(C)(C)C)c1. The van der Waals surface area contributed by atoms with Crippen LogP contribution in [0.2, 0.25) is 10.0 Å². The summed E-state index contributed by atoms with van der Waals surface area (Å²) in [7, 11) is 0. The topological polar surface area (TPSA) is 67.4 Å². The maximum absolute atomic E-state index is 12.1. The fraction of sp³-hybridized carbons (Fsp3) is 0.364. The molecule has 0 aliphatic carbocycles. The van der Waals surface area contributed by atoms with Gasteiger partial charge in [-0.2, -0.15) is 0 Å². The third-order valence-electron chi connectivity index (χ3n) is 4.21. The first-order chi connectivity index (χ1) is 13.6. The molecule has 2 N–H and O–H groups in total. The molecule has 0 saturated carbocycles. The summed E-state index contributed by atoms with van der Waals surface area (Å²) in [4.78, 5) is 24.2. The molecule has 2 aromatic carbocycles. The Morgan fingerprint density at radius 1 is 1.00 bits per heavy atom. The molecule has 5 nitrogen and oxygen atoms in total. The van der Waals surface area contributed by atoms with Crippen molar-refractivity contribution in [1.29, 1.82) is 0 Å². The van der Waals surface area contributed by atoms with Crippen molar-refractivity contribution < 1.29 is 14.3 Å². The van der Waals surface area contributed by atoms with Crippen LogP contribution in [0.5, 0.6) is 5.75 Å². The van der Waals surface area contributed by atoms with Crippen LogP contribution in [0, 0.1) is 6.92 Å². The van der Waals surface area contributed by atoms with E-state index in [2.05, 4.69) is 37.5 Å². The van der Waals surface area contributed by atoms with Gasteiger partial charge in [-0.05, 0) is 42.2 Å². The Morgan fingerprint density at radius 2 is 1.69 bits per heavy atom. The number of ether oxygens (including phenoxy) is 1. The van der Waals surface area contributed by atoms with Crippen LogP contribution in [-0.4, -0.2) is 31.5 Å². The first-order valence-corrected chi connectivity index (χ1v) is 10.1. The Bertz CT molecular complexity index is 892. The van der Waals surface area contributed by atoms with E-state index in [1.807, 2.05) is 19.1 Å². The average Bonchev–Trinajstić information content (AvgIpc) is 2.65. The number of rotatable bonds is 7. The Kier molecular flexibility index (Phi) is 7.94. The number of aryl methyl sites for hydroxylation is 1. The molecule has 0 unspecified atom stereocenters. The molecule has 0 heterocycles. The van der Waals surface area contributed by atoms with Gasteiger partial charge in [-0.25, -0.2) is 0 Å². The summed E-state index contributed by atoms with van der Waals surface area (Å²) < 4.78 is 5.73. The van der Waals surface area contributed by atoms with Gasteiger partial charge in [0.15, 0.2) is 6.61 Å². The Balaban J connectivity index is 1.80. The number of benzene rings is 2. The van der Waals surface area contributed by atoms with Crippen LogP contribution in [0.3, 0.4) is 0 Å². The number of halogens is 2. The van der Waals surface area contributed by atoms with Crippen molar-refractivity contribution in [2.24, 2.45) is 0 Å². The van der Waals surface area contributed by atoms with Gasteiger partial charge in [-0.15, -0.1) is 0 Å². The zero-order valence-electron chi connectivity index (χ0n) is 17.1. The van der Waals surface area contributed by atoms with Crippen LogP contribution in [0.25, 0.3) is 0 Å². The summed E-state index contributed by atoms with van der Waals surface area (Å²) >= 11 is 11.9. The van der Waals surface area contributed by atoms with Crippen molar-refractivity contribution in [3.63, 3.8) is 0 Å². The molecule has 0 aromatic heterocycles. The lowest BCUT2D eigenvalue weighted by molar-refractivity contribution is -0.123. The highest BCUT2D eigenvalue weighted by Gasteiger charge is 2.19. The Hall–Kier alpha value is -2.24. The number of carbonyl (C=O) groups excluding carboxylic acids is 2. The number of hydrogen-bond donors (Lipinski definition) is 2. The van der Waals surface area contributed by atoms with Crippen molar-refractivity contribution >= 4 is 35.0 Å². The molecule has 156 valence electrons. The highest BCUT2D eigenvalue weighted by molar-refractivity contribution is 6.35. The van der Waals surface area contributed by atoms with E-state index in [4.69, 9.17) is 27.9 Å². The van der Waals surface area contributed by atoms with Crippen LogP contribution in [-0.2, 0) is 10.2 Å². The lowest BCUT2D eigenvalue weighted by Crippen LogP contribution is -2.37. The van der Waals surface area contributed by atoms with Crippen LogP contribution < -0.4 is 15.4 Å². The van der Waals surface area contributed by atoms with Crippen LogP contribution in [0.15, 0.2) is 36.4 Å². The van der Waals surface area contributed by atoms with Gasteiger partial charge in [-0.1, -0.05) is 61.7 Å². The summed E-state index contributed by atoms with van der Waals surface area (Å²) in [5, 5.41) is 6.15. The van der Waals surface area contributed by atoms with E-state index in [1.165, 1.54) is 6.07 Å². The molecular formula is C22H26Cl2N2O3. The molecule has 7 heteroatoms. The largest absolute Gasteiger partial charge is 0.483 e. The molecule has 2 aromatic rings. The van der Waals surface area contributed by atoms with Crippen molar-refractivity contribution in [2.75, 3.05) is 19.7 Å². The van der Waals surface area contributed by atoms with Crippen molar-refractivity contribution in [1.82, 2.24) is 10.6 Å². The predicted molar refractivity (Wildman–Crippen MR) is 117 cm³/mol. The molecule has 0 radical (unpaired) electrons. The third kappa shape index (κ3) is 6.94. The number of amides is 2. The van der Waals surface area contributed by atoms with E-state index >= 15 is 0 Å². The monoisotopic (exact) mass is 436 g/mol. The normalized spacial score (nSPS) is 11.1. The quantitative estimate of drug-likeness (QED) is 0.626. The summed E-state index contributed by atoms with van der Waals surface area (Å²) in [5.74, 6) is 0.0834. The molecule has 0 bridgehead atoms. The van der Waals surface area contributed by atoms with Crippen LogP contribution >= 0.6 is 23.2 Å². The van der Waals surface area contributed by atoms with E-state index in [-0.39, 0.29) is 36.9 Å². The van der Waals surface area contributed by atoms with Gasteiger partial charge in [0.1, 0.15) is 5.75 Å². The minimum atomic E-state index is -0.350. The molecule has 0 fully saturated rings. The highest BCUT2D eigenvalue weighted by atomic mass is 35.5. The van der Waals surface area contributed by atoms with Crippen molar-refractivity contribution in [3.05, 3.63) is 63.1 Å². The average molecular weight is 437 g/mol. The smallest absolute Gasteiger partial charge is 0.258 e. The zero-order valence-corrected chi connectivity index (χ0v) is 18.6. The first kappa shape index (κ1) is 23.0. The first-order valence-electron chi connectivity index (χ1n) is 9.32. The second kappa shape index (κ2) is 9.99. The summed E-state index contributed by atoms with van der Waals surface area (Å²) in [5.41, 5.74) is 2.39. The van der Waals surface area contributed by atoms with E-state index < -0.39 is 0 Å². The van der Waals surface area contributed by atoms with Gasteiger partial charge in [0, 0.05) is 18.1 Å². The second-order valence-electron chi connectivity index (χ2n) is 7.77. The van der Waals surface area contributed by atoms with Gasteiger partial charge in [0.2, 0.25) is 0 Å². The van der Waals surface area contributed by atoms with Gasteiger partial charge in [-0.3, -0.25) is 9.59 Å². The minimum absolute atomic E-state index is 0.0935. The summed E-state index contributed by atoms with van der Waals surface area (Å²) in [6, 6.07) is 10.6. The van der Waals surface area contributed by atoms with Crippen LogP contribution in [0.1, 0.15) is 42.3 Å². The standard InChI is InChI=1S/C22H26Cl2N2O3/c1-14-5-8-19(17(11-14)22(2,3)4)29-13-20(27)25-9-10-26-21(28)16-12-15(23)6-7-18(16)24/h5-8,11-12H,9-10,13H2,1-4H3,(H,25,27)(H,26,28). The fourth-order valence-corrected chi connectivity index (χ4v) is 3.07. The van der Waals surface area contributed by atoms with Gasteiger partial charge in [0.05, 0.1) is 10.6 Å². The molecule has 29 heavy (non-hydrogen) atoms. The summed E-state index contributed by atoms with van der Waals surface area (Å²) in [6.45, 7) is 8.75. The third-order valence-corrected chi connectivity index (χ3v) is 4.77. The Morgan fingerprint density at radius 3 is 2.38 bits per heavy atom. The number of nitrogens with one attached hydrogen (secondary N) is 2. The zero-order chi connectivity index (χ0) is 21.6. The Labute approximate surface area is 181 Å². The van der Waals surface area contributed by atoms with Crippen molar-refractivity contribution in [3.8, 4) is 5.75 Å². The van der Waals surface area contributed by atoms with Crippen LogP contribution in [0.4, 0.5) is 0 Å². The lowest BCUT2D eigenvalue weighted by atomic mass is 9.85. The van der Waals surface area contributed by atoms with E-state index in [1.54, 1.807) is 12.1 Å². The maximum atomic E-state index is 12.1. The second-order valence-corrected chi connectivity index (χ2v) is 8.61. The molecule has 0 spiro atoms. The van der Waals surface area contributed by atoms with Gasteiger partial charge >= 0.3 is 0 Å². The molecule has 0 aliphatic heterocycles. The predicted octanol–water partition coefficient (Wildman–Crippen LogP) is 4.52. The molecule has 0 aliphatic rings.